The molecule has 1 aliphatic rings. The number of carboxylic acid groups (broad SMARTS) is 1. The number of nitrogens with zero attached hydrogens (tertiary/aromatic N) is 3. The van der Waals surface area contributed by atoms with Gasteiger partial charge in [0.05, 0.1) is 11.0 Å². The number of amides is 1. The molecule has 174 valence electrons. The van der Waals surface area contributed by atoms with Gasteiger partial charge < -0.3 is 14.6 Å². The predicted octanol–water partition coefficient (Wildman–Crippen LogP) is 4.87. The molecule has 0 atom stereocenters. The standard InChI is InChI=1S/C24H24F3N3O3/c1-3-29(23(33)15-5-6-15)11-16-10-14(2)4-7-17(16)18-12-30(13-21(31)32)19-8-9-20(24(25,26)27)28-22(18)19/h4,7-10,12,15H,3,5-6,11,13H2,1-2H3,(H,31,32). The van der Waals surface area contributed by atoms with E-state index in [1.165, 1.54) is 16.8 Å². The maximum atomic E-state index is 13.4. The Morgan fingerprint density at radius 1 is 1.18 bits per heavy atom. The molecule has 0 radical (unpaired) electrons. The minimum Gasteiger partial charge on any atom is -0.480 e. The number of fused-ring (bicyclic) bond motifs is 1. The van der Waals surface area contributed by atoms with Gasteiger partial charge in [-0.05, 0) is 49.9 Å². The van der Waals surface area contributed by atoms with Crippen molar-refractivity contribution in [3.63, 3.8) is 0 Å². The number of benzene rings is 1. The third kappa shape index (κ3) is 4.72. The number of pyridine rings is 1. The molecule has 0 spiro atoms. The first-order chi connectivity index (χ1) is 15.6. The van der Waals surface area contributed by atoms with E-state index >= 15 is 0 Å². The van der Waals surface area contributed by atoms with E-state index in [2.05, 4.69) is 4.98 Å². The Hall–Kier alpha value is -3.36. The minimum absolute atomic E-state index is 0.0479. The number of carbonyl (C=O) groups is 2. The average Bonchev–Trinajstić information content (AvgIpc) is 3.54. The van der Waals surface area contributed by atoms with E-state index in [4.69, 9.17) is 0 Å². The van der Waals surface area contributed by atoms with Crippen molar-refractivity contribution >= 4 is 22.9 Å². The lowest BCUT2D eigenvalue weighted by molar-refractivity contribution is -0.141. The van der Waals surface area contributed by atoms with E-state index in [9.17, 15) is 27.9 Å². The molecule has 1 amide bonds. The molecular weight excluding hydrogens is 435 g/mol. The van der Waals surface area contributed by atoms with Crippen LogP contribution in [-0.4, -0.2) is 38.0 Å². The van der Waals surface area contributed by atoms with Crippen molar-refractivity contribution in [3.8, 4) is 11.1 Å². The number of halogens is 3. The van der Waals surface area contributed by atoms with Crippen LogP contribution in [0.3, 0.4) is 0 Å². The Kier molecular flexibility index (Phi) is 5.90. The molecule has 0 bridgehead atoms. The first-order valence-corrected chi connectivity index (χ1v) is 10.8. The molecule has 1 aliphatic carbocycles. The van der Waals surface area contributed by atoms with Gasteiger partial charge in [-0.25, -0.2) is 4.98 Å². The third-order valence-corrected chi connectivity index (χ3v) is 5.85. The molecule has 0 unspecified atom stereocenters. The topological polar surface area (TPSA) is 75.4 Å². The fourth-order valence-electron chi connectivity index (χ4n) is 4.06. The Labute approximate surface area is 188 Å². The summed E-state index contributed by atoms with van der Waals surface area (Å²) < 4.78 is 41.5. The van der Waals surface area contributed by atoms with Gasteiger partial charge in [0.2, 0.25) is 5.91 Å². The quantitative estimate of drug-likeness (QED) is 0.547. The molecule has 2 aromatic heterocycles. The summed E-state index contributed by atoms with van der Waals surface area (Å²) in [6.07, 6.45) is -1.35. The summed E-state index contributed by atoms with van der Waals surface area (Å²) in [7, 11) is 0. The third-order valence-electron chi connectivity index (χ3n) is 5.85. The number of carbonyl (C=O) groups excluding carboxylic acids is 1. The smallest absolute Gasteiger partial charge is 0.433 e. The normalized spacial score (nSPS) is 14.0. The van der Waals surface area contributed by atoms with Crippen molar-refractivity contribution < 1.29 is 27.9 Å². The number of carboxylic acids is 1. The Morgan fingerprint density at radius 2 is 1.91 bits per heavy atom. The van der Waals surface area contributed by atoms with Crippen molar-refractivity contribution in [2.24, 2.45) is 5.92 Å². The lowest BCUT2D eigenvalue weighted by atomic mass is 9.98. The van der Waals surface area contributed by atoms with Crippen LogP contribution in [0.15, 0.2) is 36.5 Å². The van der Waals surface area contributed by atoms with Gasteiger partial charge in [0, 0.05) is 30.8 Å². The zero-order valence-corrected chi connectivity index (χ0v) is 18.3. The van der Waals surface area contributed by atoms with Crippen LogP contribution in [-0.2, 0) is 28.9 Å². The zero-order chi connectivity index (χ0) is 23.9. The lowest BCUT2D eigenvalue weighted by Gasteiger charge is -2.23. The molecule has 2 heterocycles. The number of hydrogen-bond donors (Lipinski definition) is 1. The van der Waals surface area contributed by atoms with Gasteiger partial charge >= 0.3 is 12.1 Å². The van der Waals surface area contributed by atoms with E-state index in [-0.39, 0.29) is 17.3 Å². The van der Waals surface area contributed by atoms with Gasteiger partial charge in [-0.15, -0.1) is 0 Å². The second-order valence-corrected chi connectivity index (χ2v) is 8.41. The molecule has 33 heavy (non-hydrogen) atoms. The predicted molar refractivity (Wildman–Crippen MR) is 116 cm³/mol. The van der Waals surface area contributed by atoms with E-state index in [0.717, 1.165) is 30.0 Å². The van der Waals surface area contributed by atoms with Crippen molar-refractivity contribution in [2.45, 2.75) is 46.0 Å². The average molecular weight is 459 g/mol. The minimum atomic E-state index is -4.63. The number of rotatable bonds is 7. The number of aryl methyl sites for hydroxylation is 1. The molecule has 4 rings (SSSR count). The van der Waals surface area contributed by atoms with Gasteiger partial charge in [0.25, 0.3) is 0 Å². The summed E-state index contributed by atoms with van der Waals surface area (Å²) in [6.45, 7) is 4.21. The fourth-order valence-corrected chi connectivity index (χ4v) is 4.06. The summed E-state index contributed by atoms with van der Waals surface area (Å²) in [5.41, 5.74) is 2.09. The largest absolute Gasteiger partial charge is 0.480 e. The first-order valence-electron chi connectivity index (χ1n) is 10.8. The molecule has 6 nitrogen and oxygen atoms in total. The molecule has 0 aliphatic heterocycles. The van der Waals surface area contributed by atoms with Crippen LogP contribution < -0.4 is 0 Å². The molecule has 0 saturated heterocycles. The van der Waals surface area contributed by atoms with Gasteiger partial charge in [0.1, 0.15) is 12.2 Å². The van der Waals surface area contributed by atoms with Crippen molar-refractivity contribution in [3.05, 3.63) is 53.3 Å². The van der Waals surface area contributed by atoms with E-state index in [0.29, 0.717) is 29.7 Å². The monoisotopic (exact) mass is 459 g/mol. The van der Waals surface area contributed by atoms with Crippen molar-refractivity contribution in [2.75, 3.05) is 6.54 Å². The van der Waals surface area contributed by atoms with Gasteiger partial charge in [-0.1, -0.05) is 23.8 Å². The molecular formula is C24H24F3N3O3. The number of aliphatic carboxylic acids is 1. The highest BCUT2D eigenvalue weighted by Gasteiger charge is 2.34. The van der Waals surface area contributed by atoms with Crippen LogP contribution in [0.5, 0.6) is 0 Å². The Morgan fingerprint density at radius 3 is 2.52 bits per heavy atom. The van der Waals surface area contributed by atoms with Crippen LogP contribution in [0.2, 0.25) is 0 Å². The zero-order valence-electron chi connectivity index (χ0n) is 18.3. The molecule has 9 heteroatoms. The number of aromatic nitrogens is 2. The Balaban J connectivity index is 1.87. The van der Waals surface area contributed by atoms with E-state index in [1.54, 1.807) is 11.0 Å². The summed E-state index contributed by atoms with van der Waals surface area (Å²) in [4.78, 5) is 29.7. The highest BCUT2D eigenvalue weighted by Crippen LogP contribution is 2.37. The van der Waals surface area contributed by atoms with E-state index < -0.39 is 24.4 Å². The molecule has 1 fully saturated rings. The van der Waals surface area contributed by atoms with Crippen molar-refractivity contribution in [1.82, 2.24) is 14.5 Å². The van der Waals surface area contributed by atoms with Crippen LogP contribution in [0.4, 0.5) is 13.2 Å². The summed E-state index contributed by atoms with van der Waals surface area (Å²) in [6, 6.07) is 7.65. The second-order valence-electron chi connectivity index (χ2n) is 8.41. The summed E-state index contributed by atoms with van der Waals surface area (Å²) >= 11 is 0. The molecule has 3 aromatic rings. The van der Waals surface area contributed by atoms with Gasteiger partial charge in [0.15, 0.2) is 0 Å². The number of hydrogen-bond acceptors (Lipinski definition) is 3. The Bertz CT molecular complexity index is 1230. The van der Waals surface area contributed by atoms with Crippen LogP contribution in [0.25, 0.3) is 22.2 Å². The van der Waals surface area contributed by atoms with Crippen LogP contribution in [0.1, 0.15) is 36.6 Å². The molecule has 1 N–H and O–H groups in total. The summed E-state index contributed by atoms with van der Waals surface area (Å²) in [5, 5.41) is 9.29. The second kappa shape index (κ2) is 8.53. The van der Waals surface area contributed by atoms with Gasteiger partial charge in [-0.3, -0.25) is 9.59 Å². The number of alkyl halides is 3. The molecule has 1 saturated carbocycles. The molecule has 1 aromatic carbocycles. The maximum Gasteiger partial charge on any atom is 0.433 e. The first kappa shape index (κ1) is 22.8. The van der Waals surface area contributed by atoms with Crippen LogP contribution in [0, 0.1) is 12.8 Å². The van der Waals surface area contributed by atoms with Gasteiger partial charge in [-0.2, -0.15) is 13.2 Å². The summed E-state index contributed by atoms with van der Waals surface area (Å²) in [5.74, 6) is -0.989. The fraction of sp³-hybridized carbons (Fsp3) is 0.375. The highest BCUT2D eigenvalue weighted by atomic mass is 19.4. The van der Waals surface area contributed by atoms with Crippen molar-refractivity contribution in [1.29, 1.82) is 0 Å². The highest BCUT2D eigenvalue weighted by molar-refractivity contribution is 5.95. The lowest BCUT2D eigenvalue weighted by Crippen LogP contribution is -2.31. The maximum absolute atomic E-state index is 13.4. The van der Waals surface area contributed by atoms with E-state index in [1.807, 2.05) is 26.0 Å². The van der Waals surface area contributed by atoms with Crippen LogP contribution >= 0.6 is 0 Å². The SMILES string of the molecule is CCN(Cc1cc(C)ccc1-c1cn(CC(=O)O)c2ccc(C(F)(F)F)nc12)C(=O)C1CC1.